The van der Waals surface area contributed by atoms with Crippen LogP contribution < -0.4 is 0 Å². The highest BCUT2D eigenvalue weighted by Gasteiger charge is 2.08. The molecule has 0 amide bonds. The van der Waals surface area contributed by atoms with Crippen molar-refractivity contribution in [3.63, 3.8) is 0 Å². The minimum absolute atomic E-state index is 0.00690. The van der Waals surface area contributed by atoms with Crippen LogP contribution in [0.2, 0.25) is 5.15 Å². The Balaban J connectivity index is 2.71. The smallest absolute Gasteiger partial charge is 0.155 e. The summed E-state index contributed by atoms with van der Waals surface area (Å²) in [4.78, 5) is 4.10. The van der Waals surface area contributed by atoms with E-state index in [2.05, 4.69) is 4.98 Å². The Labute approximate surface area is 96.6 Å². The highest BCUT2D eigenvalue weighted by Crippen LogP contribution is 2.19. The number of imidazole rings is 1. The van der Waals surface area contributed by atoms with Gasteiger partial charge in [-0.05, 0) is 18.2 Å². The second-order valence-corrected chi connectivity index (χ2v) is 3.36. The first-order valence-corrected chi connectivity index (χ1v) is 4.78. The topological polar surface area (TPSA) is 64.9 Å². The number of hydrogen-bond donors (Lipinski definition) is 0. The molecule has 0 unspecified atom stereocenters. The molecule has 0 N–H and O–H groups in total. The lowest BCUT2D eigenvalue weighted by molar-refractivity contribution is 1.17. The third-order valence-corrected chi connectivity index (χ3v) is 2.32. The van der Waals surface area contributed by atoms with Crippen LogP contribution in [0.1, 0.15) is 5.69 Å². The molecule has 0 aromatic carbocycles. The van der Waals surface area contributed by atoms with Crippen molar-refractivity contribution in [3.8, 4) is 12.1 Å². The molecular formula is C11H5ClN4. The van der Waals surface area contributed by atoms with Crippen LogP contribution in [0.5, 0.6) is 0 Å². The summed E-state index contributed by atoms with van der Waals surface area (Å²) in [6.45, 7) is 0. The van der Waals surface area contributed by atoms with Gasteiger partial charge in [0, 0.05) is 6.20 Å². The minimum Gasteiger partial charge on any atom is -0.299 e. The molecule has 0 fully saturated rings. The lowest BCUT2D eigenvalue weighted by atomic mass is 10.2. The van der Waals surface area contributed by atoms with Gasteiger partial charge in [0.1, 0.15) is 23.4 Å². The van der Waals surface area contributed by atoms with E-state index in [4.69, 9.17) is 22.1 Å². The maximum atomic E-state index is 8.67. The lowest BCUT2D eigenvalue weighted by Gasteiger charge is -1.94. The summed E-state index contributed by atoms with van der Waals surface area (Å²) < 4.78 is 1.72. The molecule has 0 atom stereocenters. The molecule has 2 heterocycles. The van der Waals surface area contributed by atoms with Crippen LogP contribution in [0, 0.1) is 22.7 Å². The highest BCUT2D eigenvalue weighted by molar-refractivity contribution is 6.31. The Kier molecular flexibility index (Phi) is 2.59. The molecule has 0 saturated heterocycles. The summed E-state index contributed by atoms with van der Waals surface area (Å²) in [5.74, 6) is 0. The van der Waals surface area contributed by atoms with E-state index < -0.39 is 0 Å². The van der Waals surface area contributed by atoms with Crippen molar-refractivity contribution in [2.24, 2.45) is 0 Å². The number of aromatic nitrogens is 2. The summed E-state index contributed by atoms with van der Waals surface area (Å²) >= 11 is 5.93. The van der Waals surface area contributed by atoms with Crippen molar-refractivity contribution in [1.82, 2.24) is 9.38 Å². The first-order chi connectivity index (χ1) is 7.76. The van der Waals surface area contributed by atoms with Gasteiger partial charge in [0.25, 0.3) is 0 Å². The normalized spacial score (nSPS) is 9.44. The number of fused-ring (bicyclic) bond motifs is 1. The monoisotopic (exact) mass is 228 g/mol. The number of nitrogens with zero attached hydrogens (tertiary/aromatic N) is 4. The third-order valence-electron chi connectivity index (χ3n) is 2.04. The van der Waals surface area contributed by atoms with Crippen molar-refractivity contribution in [3.05, 3.63) is 40.8 Å². The van der Waals surface area contributed by atoms with Gasteiger partial charge in [-0.3, -0.25) is 4.40 Å². The number of rotatable bonds is 1. The zero-order chi connectivity index (χ0) is 11.5. The summed E-state index contributed by atoms with van der Waals surface area (Å²) in [6.07, 6.45) is 3.19. The molecule has 0 saturated carbocycles. The Bertz CT molecular complexity index is 639. The Hall–Kier alpha value is -2.30. The van der Waals surface area contributed by atoms with Crippen molar-refractivity contribution in [2.45, 2.75) is 0 Å². The molecule has 0 aliphatic carbocycles. The fraction of sp³-hybridized carbons (Fsp3) is 0. The number of allylic oxidation sites excluding steroid dienone is 1. The van der Waals surface area contributed by atoms with E-state index >= 15 is 0 Å². The second kappa shape index (κ2) is 4.06. The summed E-state index contributed by atoms with van der Waals surface area (Å²) in [5, 5.41) is 17.6. The third kappa shape index (κ3) is 1.63. The Morgan fingerprint density at radius 3 is 2.81 bits per heavy atom. The van der Waals surface area contributed by atoms with E-state index in [1.165, 1.54) is 6.08 Å². The van der Waals surface area contributed by atoms with Gasteiger partial charge in [-0.2, -0.15) is 10.5 Å². The average molecular weight is 229 g/mol. The maximum Gasteiger partial charge on any atom is 0.155 e. The van der Waals surface area contributed by atoms with Crippen LogP contribution in [0.15, 0.2) is 30.0 Å². The van der Waals surface area contributed by atoms with Crippen LogP contribution >= 0.6 is 11.6 Å². The van der Waals surface area contributed by atoms with Gasteiger partial charge in [0.2, 0.25) is 0 Å². The molecule has 16 heavy (non-hydrogen) atoms. The van der Waals surface area contributed by atoms with E-state index in [0.717, 1.165) is 0 Å². The molecule has 0 aliphatic rings. The Morgan fingerprint density at radius 1 is 1.38 bits per heavy atom. The maximum absolute atomic E-state index is 8.67. The number of hydrogen-bond acceptors (Lipinski definition) is 3. The standard InChI is InChI=1S/C11H5ClN4/c12-11-9(5-8(6-13)7-14)16-4-2-1-3-10(16)15-11/h1-5H. The van der Waals surface area contributed by atoms with Gasteiger partial charge in [-0.1, -0.05) is 17.7 Å². The van der Waals surface area contributed by atoms with Gasteiger partial charge in [-0.15, -0.1) is 0 Å². The van der Waals surface area contributed by atoms with E-state index in [0.29, 0.717) is 11.3 Å². The second-order valence-electron chi connectivity index (χ2n) is 3.00. The molecule has 4 nitrogen and oxygen atoms in total. The first-order valence-electron chi connectivity index (χ1n) is 4.40. The quantitative estimate of drug-likeness (QED) is 0.704. The van der Waals surface area contributed by atoms with E-state index in [9.17, 15) is 0 Å². The molecule has 0 spiro atoms. The lowest BCUT2D eigenvalue weighted by Crippen LogP contribution is -1.86. The fourth-order valence-corrected chi connectivity index (χ4v) is 1.57. The van der Waals surface area contributed by atoms with Crippen molar-refractivity contribution >= 4 is 23.3 Å². The zero-order valence-electron chi connectivity index (χ0n) is 8.05. The summed E-state index contributed by atoms with van der Waals surface area (Å²) in [6, 6.07) is 9.01. The Morgan fingerprint density at radius 2 is 2.12 bits per heavy atom. The van der Waals surface area contributed by atoms with Gasteiger partial charge >= 0.3 is 0 Å². The number of halogens is 1. The predicted octanol–water partition coefficient (Wildman–Crippen LogP) is 2.42. The summed E-state index contributed by atoms with van der Waals surface area (Å²) in [7, 11) is 0. The summed E-state index contributed by atoms with van der Waals surface area (Å²) in [5.41, 5.74) is 1.21. The predicted molar refractivity (Wildman–Crippen MR) is 59.4 cm³/mol. The fourth-order valence-electron chi connectivity index (χ4n) is 1.34. The first kappa shape index (κ1) is 10.2. The molecule has 0 bridgehead atoms. The van der Waals surface area contributed by atoms with Crippen molar-refractivity contribution in [2.75, 3.05) is 0 Å². The highest BCUT2D eigenvalue weighted by atomic mass is 35.5. The molecule has 5 heteroatoms. The van der Waals surface area contributed by atoms with Crippen LogP contribution in [0.25, 0.3) is 11.7 Å². The van der Waals surface area contributed by atoms with Crippen LogP contribution in [-0.4, -0.2) is 9.38 Å². The van der Waals surface area contributed by atoms with E-state index in [1.54, 1.807) is 28.8 Å². The van der Waals surface area contributed by atoms with E-state index in [-0.39, 0.29) is 10.7 Å². The minimum atomic E-state index is -0.00690. The van der Waals surface area contributed by atoms with Crippen LogP contribution in [0.3, 0.4) is 0 Å². The number of pyridine rings is 1. The SMILES string of the molecule is N#CC(C#N)=Cc1c(Cl)nc2ccccn12. The van der Waals surface area contributed by atoms with Crippen LogP contribution in [0.4, 0.5) is 0 Å². The molecule has 0 radical (unpaired) electrons. The number of nitriles is 2. The van der Waals surface area contributed by atoms with Gasteiger partial charge < -0.3 is 0 Å². The van der Waals surface area contributed by atoms with Crippen molar-refractivity contribution in [1.29, 1.82) is 10.5 Å². The average Bonchev–Trinajstić information content (AvgIpc) is 2.62. The van der Waals surface area contributed by atoms with E-state index in [1.807, 2.05) is 12.1 Å². The van der Waals surface area contributed by atoms with Crippen molar-refractivity contribution < 1.29 is 0 Å². The van der Waals surface area contributed by atoms with Crippen LogP contribution in [-0.2, 0) is 0 Å². The van der Waals surface area contributed by atoms with Gasteiger partial charge in [0.05, 0.1) is 5.69 Å². The van der Waals surface area contributed by atoms with Gasteiger partial charge in [0.15, 0.2) is 5.15 Å². The molecule has 2 rings (SSSR count). The largest absolute Gasteiger partial charge is 0.299 e. The molecule has 0 aliphatic heterocycles. The molecule has 2 aromatic heterocycles. The van der Waals surface area contributed by atoms with Gasteiger partial charge in [-0.25, -0.2) is 4.98 Å². The molecule has 76 valence electrons. The molecular weight excluding hydrogens is 224 g/mol. The molecule has 2 aromatic rings. The zero-order valence-corrected chi connectivity index (χ0v) is 8.81.